The Morgan fingerprint density at radius 3 is 2.58 bits per heavy atom. The van der Waals surface area contributed by atoms with Gasteiger partial charge in [0.2, 0.25) is 0 Å². The fourth-order valence-corrected chi connectivity index (χ4v) is 4.14. The van der Waals surface area contributed by atoms with Crippen molar-refractivity contribution in [1.29, 1.82) is 0 Å². The highest BCUT2D eigenvalue weighted by molar-refractivity contribution is 7.87. The lowest BCUT2D eigenvalue weighted by Gasteiger charge is -2.34. The van der Waals surface area contributed by atoms with Gasteiger partial charge < -0.3 is 10.1 Å². The van der Waals surface area contributed by atoms with Crippen LogP contribution in [0.5, 0.6) is 0 Å². The van der Waals surface area contributed by atoms with Gasteiger partial charge in [-0.05, 0) is 45.7 Å². The molecule has 2 rings (SSSR count). The van der Waals surface area contributed by atoms with Crippen LogP contribution in [0.25, 0.3) is 0 Å². The molecular formula is C12H25N3O3S. The lowest BCUT2D eigenvalue weighted by atomic mass is 10.1. The Hall–Kier alpha value is -0.210. The number of hydrogen-bond donors (Lipinski definition) is 2. The minimum Gasteiger partial charge on any atom is -0.373 e. The zero-order valence-corrected chi connectivity index (χ0v) is 12.6. The smallest absolute Gasteiger partial charge is 0.279 e. The largest absolute Gasteiger partial charge is 0.373 e. The molecule has 19 heavy (non-hydrogen) atoms. The highest BCUT2D eigenvalue weighted by atomic mass is 32.2. The summed E-state index contributed by atoms with van der Waals surface area (Å²) in [6, 6.07) is 0. The molecule has 3 unspecified atom stereocenters. The van der Waals surface area contributed by atoms with Crippen LogP contribution in [0.4, 0.5) is 0 Å². The number of ether oxygens (including phenoxy) is 1. The van der Waals surface area contributed by atoms with Crippen LogP contribution >= 0.6 is 0 Å². The predicted octanol–water partition coefficient (Wildman–Crippen LogP) is -0.0704. The van der Waals surface area contributed by atoms with Gasteiger partial charge in [0, 0.05) is 19.6 Å². The Balaban J connectivity index is 1.80. The number of morpholine rings is 1. The molecule has 3 atom stereocenters. The Bertz CT molecular complexity index is 372. The van der Waals surface area contributed by atoms with Gasteiger partial charge in [0.1, 0.15) is 0 Å². The van der Waals surface area contributed by atoms with Gasteiger partial charge in [0.25, 0.3) is 10.2 Å². The fourth-order valence-electron chi connectivity index (χ4n) is 2.77. The van der Waals surface area contributed by atoms with Crippen LogP contribution in [0.2, 0.25) is 0 Å². The predicted molar refractivity (Wildman–Crippen MR) is 74.1 cm³/mol. The summed E-state index contributed by atoms with van der Waals surface area (Å²) in [5.41, 5.74) is 0. The van der Waals surface area contributed by atoms with Crippen molar-refractivity contribution in [2.45, 2.75) is 38.9 Å². The topological polar surface area (TPSA) is 70.7 Å². The summed E-state index contributed by atoms with van der Waals surface area (Å²) in [5, 5.41) is 3.29. The monoisotopic (exact) mass is 291 g/mol. The summed E-state index contributed by atoms with van der Waals surface area (Å²) in [4.78, 5) is 0. The van der Waals surface area contributed by atoms with E-state index in [1.807, 2.05) is 13.8 Å². The van der Waals surface area contributed by atoms with Gasteiger partial charge in [-0.15, -0.1) is 0 Å². The molecular weight excluding hydrogens is 266 g/mol. The molecule has 2 aliphatic heterocycles. The Morgan fingerprint density at radius 2 is 2.00 bits per heavy atom. The molecule has 0 aromatic rings. The van der Waals surface area contributed by atoms with Crippen LogP contribution < -0.4 is 10.0 Å². The van der Waals surface area contributed by atoms with E-state index in [4.69, 9.17) is 4.74 Å². The first-order chi connectivity index (χ1) is 8.97. The molecule has 2 N–H and O–H groups in total. The fraction of sp³-hybridized carbons (Fsp3) is 1.00. The first-order valence-electron chi connectivity index (χ1n) is 7.08. The van der Waals surface area contributed by atoms with Crippen molar-refractivity contribution in [3.8, 4) is 0 Å². The van der Waals surface area contributed by atoms with Crippen LogP contribution in [-0.2, 0) is 14.9 Å². The van der Waals surface area contributed by atoms with Gasteiger partial charge in [-0.3, -0.25) is 0 Å². The third-order valence-electron chi connectivity index (χ3n) is 3.73. The molecule has 112 valence electrons. The van der Waals surface area contributed by atoms with Crippen LogP contribution in [0.1, 0.15) is 26.7 Å². The summed E-state index contributed by atoms with van der Waals surface area (Å²) in [6.07, 6.45) is 1.97. The van der Waals surface area contributed by atoms with E-state index in [9.17, 15) is 8.42 Å². The van der Waals surface area contributed by atoms with Crippen LogP contribution in [0, 0.1) is 5.92 Å². The average Bonchev–Trinajstić information content (AvgIpc) is 2.80. The van der Waals surface area contributed by atoms with E-state index >= 15 is 0 Å². The van der Waals surface area contributed by atoms with Crippen molar-refractivity contribution in [2.24, 2.45) is 5.92 Å². The summed E-state index contributed by atoms with van der Waals surface area (Å²) < 4.78 is 34.2. The maximum Gasteiger partial charge on any atom is 0.279 e. The van der Waals surface area contributed by atoms with E-state index in [0.717, 1.165) is 25.9 Å². The van der Waals surface area contributed by atoms with Crippen molar-refractivity contribution >= 4 is 10.2 Å². The molecule has 0 spiro atoms. The van der Waals surface area contributed by atoms with Gasteiger partial charge in [0.05, 0.1) is 12.2 Å². The maximum atomic E-state index is 12.2. The SMILES string of the molecule is CC1CN(S(=O)(=O)NCCC2CCNC2)CC(C)O1. The van der Waals surface area contributed by atoms with E-state index in [2.05, 4.69) is 10.0 Å². The minimum absolute atomic E-state index is 0.0423. The molecule has 0 aliphatic carbocycles. The molecule has 0 saturated carbocycles. The van der Waals surface area contributed by atoms with Crippen LogP contribution in [0.15, 0.2) is 0 Å². The highest BCUT2D eigenvalue weighted by Gasteiger charge is 2.30. The second-order valence-electron chi connectivity index (χ2n) is 5.62. The molecule has 7 heteroatoms. The highest BCUT2D eigenvalue weighted by Crippen LogP contribution is 2.14. The average molecular weight is 291 g/mol. The molecule has 6 nitrogen and oxygen atoms in total. The molecule has 0 amide bonds. The quantitative estimate of drug-likeness (QED) is 0.744. The molecule has 2 saturated heterocycles. The van der Waals surface area contributed by atoms with Crippen molar-refractivity contribution in [1.82, 2.24) is 14.3 Å². The van der Waals surface area contributed by atoms with Crippen molar-refractivity contribution < 1.29 is 13.2 Å². The summed E-state index contributed by atoms with van der Waals surface area (Å²) >= 11 is 0. The number of nitrogens with one attached hydrogen (secondary N) is 2. The van der Waals surface area contributed by atoms with Gasteiger partial charge in [-0.1, -0.05) is 0 Å². The minimum atomic E-state index is -3.36. The van der Waals surface area contributed by atoms with Crippen molar-refractivity contribution in [3.05, 3.63) is 0 Å². The lowest BCUT2D eigenvalue weighted by Crippen LogP contribution is -2.52. The summed E-state index contributed by atoms with van der Waals surface area (Å²) in [7, 11) is -3.36. The first kappa shape index (κ1) is 15.2. The van der Waals surface area contributed by atoms with Crippen molar-refractivity contribution in [3.63, 3.8) is 0 Å². The summed E-state index contributed by atoms with van der Waals surface area (Å²) in [5.74, 6) is 0.602. The van der Waals surface area contributed by atoms with E-state index in [1.165, 1.54) is 4.31 Å². The van der Waals surface area contributed by atoms with E-state index in [0.29, 0.717) is 25.6 Å². The van der Waals surface area contributed by atoms with E-state index < -0.39 is 10.2 Å². The molecule has 0 bridgehead atoms. The van der Waals surface area contributed by atoms with Gasteiger partial charge in [-0.25, -0.2) is 4.72 Å². The summed E-state index contributed by atoms with van der Waals surface area (Å²) in [6.45, 7) is 7.26. The maximum absolute atomic E-state index is 12.2. The Labute approximate surface area is 116 Å². The second kappa shape index (κ2) is 6.49. The first-order valence-corrected chi connectivity index (χ1v) is 8.52. The standard InChI is InChI=1S/C12H25N3O3S/c1-10-8-15(9-11(2)18-10)19(16,17)14-6-4-12-3-5-13-7-12/h10-14H,3-9H2,1-2H3. The van der Waals surface area contributed by atoms with Gasteiger partial charge in [-0.2, -0.15) is 12.7 Å². The number of nitrogens with zero attached hydrogens (tertiary/aromatic N) is 1. The third-order valence-corrected chi connectivity index (χ3v) is 5.27. The molecule has 2 aliphatic rings. The van der Waals surface area contributed by atoms with E-state index in [-0.39, 0.29) is 12.2 Å². The Morgan fingerprint density at radius 1 is 1.32 bits per heavy atom. The van der Waals surface area contributed by atoms with E-state index in [1.54, 1.807) is 0 Å². The van der Waals surface area contributed by atoms with Gasteiger partial charge >= 0.3 is 0 Å². The molecule has 2 fully saturated rings. The molecule has 2 heterocycles. The van der Waals surface area contributed by atoms with Crippen LogP contribution in [0.3, 0.4) is 0 Å². The normalized spacial score (nSPS) is 33.7. The molecule has 0 radical (unpaired) electrons. The Kier molecular flexibility index (Phi) is 5.19. The lowest BCUT2D eigenvalue weighted by molar-refractivity contribution is -0.0443. The zero-order chi connectivity index (χ0) is 13.9. The number of rotatable bonds is 5. The van der Waals surface area contributed by atoms with Crippen LogP contribution in [-0.4, -0.2) is 57.7 Å². The third kappa shape index (κ3) is 4.39. The molecule has 0 aromatic carbocycles. The van der Waals surface area contributed by atoms with Gasteiger partial charge in [0.15, 0.2) is 0 Å². The van der Waals surface area contributed by atoms with Crippen molar-refractivity contribution in [2.75, 3.05) is 32.7 Å². The second-order valence-corrected chi connectivity index (χ2v) is 7.38. The zero-order valence-electron chi connectivity index (χ0n) is 11.8. The molecule has 0 aromatic heterocycles. The number of hydrogen-bond acceptors (Lipinski definition) is 4.